The molecule has 4 nitrogen and oxygen atoms in total. The number of hydrogen-bond donors (Lipinski definition) is 2. The van der Waals surface area contributed by atoms with E-state index in [1.165, 1.54) is 12.1 Å². The van der Waals surface area contributed by atoms with Gasteiger partial charge in [0, 0.05) is 6.04 Å². The lowest BCUT2D eigenvalue weighted by molar-refractivity contribution is -0.139. The molecule has 2 rings (SSSR count). The van der Waals surface area contributed by atoms with Gasteiger partial charge in [-0.1, -0.05) is 30.3 Å². The van der Waals surface area contributed by atoms with Crippen LogP contribution in [0.3, 0.4) is 0 Å². The minimum absolute atomic E-state index is 0.100. The minimum atomic E-state index is -4.66. The number of halogens is 6. The highest BCUT2D eigenvalue weighted by molar-refractivity contribution is 5.80. The van der Waals surface area contributed by atoms with Crippen LogP contribution in [0.25, 0.3) is 0 Å². The third kappa shape index (κ3) is 6.78. The van der Waals surface area contributed by atoms with Crippen LogP contribution in [0.2, 0.25) is 0 Å². The van der Waals surface area contributed by atoms with Gasteiger partial charge in [-0.3, -0.25) is 9.59 Å². The van der Waals surface area contributed by atoms with Gasteiger partial charge in [0.2, 0.25) is 5.91 Å². The third-order valence-corrected chi connectivity index (χ3v) is 4.22. The van der Waals surface area contributed by atoms with E-state index in [0.29, 0.717) is 5.56 Å². The van der Waals surface area contributed by atoms with Crippen LogP contribution in [-0.4, -0.2) is 23.0 Å². The first-order chi connectivity index (χ1) is 13.9. The predicted molar refractivity (Wildman–Crippen MR) is 94.5 cm³/mol. The molecule has 2 N–H and O–H groups in total. The highest BCUT2D eigenvalue weighted by Gasteiger charge is 2.33. The Kier molecular flexibility index (Phi) is 7.12. The molecule has 0 saturated carbocycles. The summed E-state index contributed by atoms with van der Waals surface area (Å²) in [4.78, 5) is 23.3. The first-order valence-corrected chi connectivity index (χ1v) is 8.68. The lowest BCUT2D eigenvalue weighted by Crippen LogP contribution is -2.39. The molecule has 2 aromatic rings. The quantitative estimate of drug-likeness (QED) is 0.634. The number of aliphatic carboxylic acids is 1. The standard InChI is InChI=1S/C20H17F6NO3/c21-19(22,23)14-7-5-12(6-8-14)9-15(11-18(29)30)27-17(28)10-13-3-1-2-4-16(13)20(24,25)26/h1-8,15H,9-11H2,(H,27,28)(H,29,30)/t15-/m0/s1. The van der Waals surface area contributed by atoms with E-state index >= 15 is 0 Å². The average molecular weight is 433 g/mol. The summed E-state index contributed by atoms with van der Waals surface area (Å²) >= 11 is 0. The summed E-state index contributed by atoms with van der Waals surface area (Å²) < 4.78 is 77.0. The second kappa shape index (κ2) is 9.19. The van der Waals surface area contributed by atoms with Crippen molar-refractivity contribution in [1.82, 2.24) is 5.32 Å². The van der Waals surface area contributed by atoms with Crippen molar-refractivity contribution in [2.24, 2.45) is 0 Å². The number of benzene rings is 2. The van der Waals surface area contributed by atoms with Gasteiger partial charge in [0.05, 0.1) is 24.0 Å². The Hall–Kier alpha value is -3.04. The SMILES string of the molecule is O=C(O)C[C@H](Cc1ccc(C(F)(F)F)cc1)NC(=O)Cc1ccccc1C(F)(F)F. The minimum Gasteiger partial charge on any atom is -0.481 e. The molecule has 1 amide bonds. The molecule has 1 atom stereocenters. The van der Waals surface area contributed by atoms with Crippen molar-refractivity contribution in [3.05, 3.63) is 70.8 Å². The first-order valence-electron chi connectivity index (χ1n) is 8.68. The molecule has 0 bridgehead atoms. The molecule has 0 fully saturated rings. The van der Waals surface area contributed by atoms with Crippen molar-refractivity contribution >= 4 is 11.9 Å². The van der Waals surface area contributed by atoms with Gasteiger partial charge in [0.25, 0.3) is 0 Å². The maximum Gasteiger partial charge on any atom is 0.416 e. The number of carboxylic acid groups (broad SMARTS) is 1. The number of carbonyl (C=O) groups is 2. The second-order valence-corrected chi connectivity index (χ2v) is 6.59. The number of rotatable bonds is 7. The van der Waals surface area contributed by atoms with E-state index < -0.39 is 54.2 Å². The van der Waals surface area contributed by atoms with E-state index in [2.05, 4.69) is 5.32 Å². The molecule has 0 heterocycles. The zero-order valence-electron chi connectivity index (χ0n) is 15.3. The monoisotopic (exact) mass is 433 g/mol. The van der Waals surface area contributed by atoms with E-state index in [4.69, 9.17) is 5.11 Å². The Morgan fingerprint density at radius 1 is 0.900 bits per heavy atom. The zero-order chi connectivity index (χ0) is 22.5. The van der Waals surface area contributed by atoms with Gasteiger partial charge in [-0.15, -0.1) is 0 Å². The van der Waals surface area contributed by atoms with Gasteiger partial charge in [-0.25, -0.2) is 0 Å². The Bertz CT molecular complexity index is 891. The van der Waals surface area contributed by atoms with Crippen LogP contribution in [0.15, 0.2) is 48.5 Å². The van der Waals surface area contributed by atoms with E-state index in [1.807, 2.05) is 0 Å². The molecule has 0 saturated heterocycles. The summed E-state index contributed by atoms with van der Waals surface area (Å²) in [5.74, 6) is -2.10. The van der Waals surface area contributed by atoms with E-state index in [-0.39, 0.29) is 12.0 Å². The average Bonchev–Trinajstić information content (AvgIpc) is 2.60. The van der Waals surface area contributed by atoms with Crippen molar-refractivity contribution < 1.29 is 41.0 Å². The summed E-state index contributed by atoms with van der Waals surface area (Å²) in [5, 5.41) is 11.4. The van der Waals surface area contributed by atoms with E-state index in [1.54, 1.807) is 0 Å². The van der Waals surface area contributed by atoms with Crippen LogP contribution < -0.4 is 5.32 Å². The molecule has 2 aromatic carbocycles. The van der Waals surface area contributed by atoms with Gasteiger partial charge in [0.15, 0.2) is 0 Å². The topological polar surface area (TPSA) is 66.4 Å². The van der Waals surface area contributed by atoms with Crippen LogP contribution in [0.5, 0.6) is 0 Å². The Balaban J connectivity index is 2.11. The lowest BCUT2D eigenvalue weighted by atomic mass is 10.0. The molecule has 0 aliphatic carbocycles. The number of alkyl halides is 6. The fourth-order valence-corrected chi connectivity index (χ4v) is 2.90. The Morgan fingerprint density at radius 2 is 1.50 bits per heavy atom. The highest BCUT2D eigenvalue weighted by Crippen LogP contribution is 2.32. The number of carbonyl (C=O) groups excluding carboxylic acids is 1. The molecule has 0 radical (unpaired) electrons. The van der Waals surface area contributed by atoms with Gasteiger partial charge < -0.3 is 10.4 Å². The van der Waals surface area contributed by atoms with Crippen molar-refractivity contribution in [3.8, 4) is 0 Å². The second-order valence-electron chi connectivity index (χ2n) is 6.59. The summed E-state index contributed by atoms with van der Waals surface area (Å²) in [5.41, 5.74) is -1.79. The zero-order valence-corrected chi connectivity index (χ0v) is 15.3. The smallest absolute Gasteiger partial charge is 0.416 e. The number of nitrogens with one attached hydrogen (secondary N) is 1. The Morgan fingerprint density at radius 3 is 2.03 bits per heavy atom. The molecule has 0 spiro atoms. The molecule has 0 unspecified atom stereocenters. The molecular formula is C20H17F6NO3. The molecule has 0 aliphatic rings. The normalized spacial score (nSPS) is 13.0. The van der Waals surface area contributed by atoms with Crippen LogP contribution in [0, 0.1) is 0 Å². The number of carboxylic acids is 1. The Labute approximate surface area is 167 Å². The molecule has 30 heavy (non-hydrogen) atoms. The van der Waals surface area contributed by atoms with Crippen LogP contribution in [-0.2, 0) is 34.8 Å². The molecule has 0 aliphatic heterocycles. The van der Waals surface area contributed by atoms with Crippen molar-refractivity contribution in [1.29, 1.82) is 0 Å². The van der Waals surface area contributed by atoms with E-state index in [9.17, 15) is 35.9 Å². The first kappa shape index (κ1) is 23.2. The highest BCUT2D eigenvalue weighted by atomic mass is 19.4. The molecule has 10 heteroatoms. The van der Waals surface area contributed by atoms with Crippen LogP contribution in [0.1, 0.15) is 28.7 Å². The van der Waals surface area contributed by atoms with Gasteiger partial charge in [-0.05, 0) is 35.7 Å². The molecule has 162 valence electrons. The fraction of sp³-hybridized carbons (Fsp3) is 0.300. The van der Waals surface area contributed by atoms with Crippen molar-refractivity contribution in [3.63, 3.8) is 0 Å². The summed E-state index contributed by atoms with van der Waals surface area (Å²) in [6.45, 7) is 0. The van der Waals surface area contributed by atoms with Crippen molar-refractivity contribution in [2.75, 3.05) is 0 Å². The summed E-state index contributed by atoms with van der Waals surface area (Å²) in [7, 11) is 0. The lowest BCUT2D eigenvalue weighted by Gasteiger charge is -2.18. The van der Waals surface area contributed by atoms with Crippen LogP contribution in [0.4, 0.5) is 26.3 Å². The largest absolute Gasteiger partial charge is 0.481 e. The van der Waals surface area contributed by atoms with Gasteiger partial charge in [0.1, 0.15) is 0 Å². The van der Waals surface area contributed by atoms with Crippen LogP contribution >= 0.6 is 0 Å². The molecule has 0 aromatic heterocycles. The van der Waals surface area contributed by atoms with Crippen molar-refractivity contribution in [2.45, 2.75) is 37.7 Å². The van der Waals surface area contributed by atoms with E-state index in [0.717, 1.165) is 36.4 Å². The maximum absolute atomic E-state index is 13.0. The summed E-state index contributed by atoms with van der Waals surface area (Å²) in [6, 6.07) is 7.46. The third-order valence-electron chi connectivity index (χ3n) is 4.22. The molecular weight excluding hydrogens is 416 g/mol. The van der Waals surface area contributed by atoms with Gasteiger partial charge in [-0.2, -0.15) is 26.3 Å². The number of hydrogen-bond acceptors (Lipinski definition) is 2. The fourth-order valence-electron chi connectivity index (χ4n) is 2.90. The predicted octanol–water partition coefficient (Wildman–Crippen LogP) is 4.47. The number of amides is 1. The summed E-state index contributed by atoms with van der Waals surface area (Å²) in [6.07, 6.45) is -10.5. The maximum atomic E-state index is 13.0. The van der Waals surface area contributed by atoms with Gasteiger partial charge >= 0.3 is 18.3 Å².